The van der Waals surface area contributed by atoms with E-state index in [1.165, 1.54) is 11.8 Å². The van der Waals surface area contributed by atoms with Crippen molar-refractivity contribution in [1.29, 1.82) is 0 Å². The molecule has 1 aliphatic heterocycles. The summed E-state index contributed by atoms with van der Waals surface area (Å²) in [7, 11) is -3.27. The first-order valence-corrected chi connectivity index (χ1v) is 12.7. The standard InChI is InChI=1S/C23H31N3O3S/c1-30(27,28)25-22-13-16-26(20-11-14-24-15-12-20)23(22)17-29-21-9-7-19(8-10-21)18-5-3-2-4-6-18/h2-6,11-12,14-15,19,21-23,25H,7-10,13,16-17H2,1H3/t19?,21?,22-,23-/m0/s1. The summed E-state index contributed by atoms with van der Waals surface area (Å²) in [6.45, 7) is 1.32. The number of anilines is 1. The highest BCUT2D eigenvalue weighted by molar-refractivity contribution is 7.88. The highest BCUT2D eigenvalue weighted by Gasteiger charge is 2.37. The molecule has 0 bridgehead atoms. The zero-order chi connectivity index (χ0) is 21.0. The summed E-state index contributed by atoms with van der Waals surface area (Å²) in [6, 6.07) is 14.5. The predicted molar refractivity (Wildman–Crippen MR) is 119 cm³/mol. The van der Waals surface area contributed by atoms with Crippen LogP contribution in [-0.4, -0.2) is 51.0 Å². The van der Waals surface area contributed by atoms with Gasteiger partial charge in [-0.05, 0) is 55.7 Å². The minimum atomic E-state index is -3.27. The number of sulfonamides is 1. The van der Waals surface area contributed by atoms with Gasteiger partial charge in [-0.25, -0.2) is 13.1 Å². The average molecular weight is 430 g/mol. The molecule has 1 N–H and O–H groups in total. The van der Waals surface area contributed by atoms with Crippen molar-refractivity contribution in [2.24, 2.45) is 0 Å². The average Bonchev–Trinajstić information content (AvgIpc) is 3.14. The molecule has 30 heavy (non-hydrogen) atoms. The Hall–Kier alpha value is -1.96. The number of pyridine rings is 1. The van der Waals surface area contributed by atoms with Gasteiger partial charge in [0.15, 0.2) is 0 Å². The van der Waals surface area contributed by atoms with Crippen LogP contribution in [-0.2, 0) is 14.8 Å². The van der Waals surface area contributed by atoms with Gasteiger partial charge in [0.05, 0.1) is 25.0 Å². The van der Waals surface area contributed by atoms with E-state index in [1.807, 2.05) is 12.1 Å². The fourth-order valence-electron chi connectivity index (χ4n) is 4.85. The number of hydrogen-bond acceptors (Lipinski definition) is 5. The maximum absolute atomic E-state index is 11.9. The van der Waals surface area contributed by atoms with Crippen LogP contribution in [0.1, 0.15) is 43.6 Å². The fraction of sp³-hybridized carbons (Fsp3) is 0.522. The normalized spacial score (nSPS) is 27.3. The van der Waals surface area contributed by atoms with E-state index in [9.17, 15) is 8.42 Å². The van der Waals surface area contributed by atoms with Gasteiger partial charge in [0.2, 0.25) is 10.0 Å². The summed E-state index contributed by atoms with van der Waals surface area (Å²) in [5, 5.41) is 0. The van der Waals surface area contributed by atoms with Crippen molar-refractivity contribution in [2.75, 3.05) is 24.3 Å². The molecule has 162 valence electrons. The highest BCUT2D eigenvalue weighted by Crippen LogP contribution is 2.34. The molecule has 0 amide bonds. The van der Waals surface area contributed by atoms with E-state index in [4.69, 9.17) is 4.74 Å². The Morgan fingerprint density at radius 1 is 1.03 bits per heavy atom. The van der Waals surface area contributed by atoms with E-state index in [2.05, 4.69) is 44.9 Å². The summed E-state index contributed by atoms with van der Waals surface area (Å²) in [5.41, 5.74) is 2.48. The van der Waals surface area contributed by atoms with E-state index >= 15 is 0 Å². The van der Waals surface area contributed by atoms with Crippen LogP contribution in [0.4, 0.5) is 5.69 Å². The summed E-state index contributed by atoms with van der Waals surface area (Å²) >= 11 is 0. The molecule has 6 nitrogen and oxygen atoms in total. The van der Waals surface area contributed by atoms with E-state index < -0.39 is 10.0 Å². The number of ether oxygens (including phenoxy) is 1. The number of hydrogen-bond donors (Lipinski definition) is 1. The summed E-state index contributed by atoms with van der Waals surface area (Å²) < 4.78 is 32.9. The van der Waals surface area contributed by atoms with Gasteiger partial charge < -0.3 is 9.64 Å². The second-order valence-corrected chi connectivity index (χ2v) is 10.2. The summed E-state index contributed by atoms with van der Waals surface area (Å²) in [6.07, 6.45) is 10.2. The van der Waals surface area contributed by atoms with Gasteiger partial charge in [0.25, 0.3) is 0 Å². The largest absolute Gasteiger partial charge is 0.376 e. The Labute approximate surface area is 179 Å². The molecule has 2 aromatic rings. The van der Waals surface area contributed by atoms with Gasteiger partial charge in [-0.1, -0.05) is 30.3 Å². The van der Waals surface area contributed by atoms with Gasteiger partial charge in [-0.3, -0.25) is 4.98 Å². The topological polar surface area (TPSA) is 71.5 Å². The monoisotopic (exact) mass is 429 g/mol. The number of rotatable bonds is 7. The van der Waals surface area contributed by atoms with Crippen LogP contribution in [0.5, 0.6) is 0 Å². The van der Waals surface area contributed by atoms with E-state index in [0.717, 1.165) is 44.3 Å². The van der Waals surface area contributed by atoms with Crippen molar-refractivity contribution >= 4 is 15.7 Å². The van der Waals surface area contributed by atoms with Gasteiger partial charge >= 0.3 is 0 Å². The highest BCUT2D eigenvalue weighted by atomic mass is 32.2. The van der Waals surface area contributed by atoms with Crippen LogP contribution in [0.25, 0.3) is 0 Å². The lowest BCUT2D eigenvalue weighted by atomic mass is 9.83. The lowest BCUT2D eigenvalue weighted by molar-refractivity contribution is 0.0157. The molecule has 0 unspecified atom stereocenters. The maximum Gasteiger partial charge on any atom is 0.209 e. The molecule has 0 radical (unpaired) electrons. The van der Waals surface area contributed by atoms with Crippen molar-refractivity contribution in [3.05, 3.63) is 60.4 Å². The Morgan fingerprint density at radius 2 is 1.73 bits per heavy atom. The van der Waals surface area contributed by atoms with Crippen molar-refractivity contribution in [2.45, 2.75) is 56.2 Å². The SMILES string of the molecule is CS(=O)(=O)N[C@H]1CCN(c2ccncc2)[C@H]1COC1CCC(c2ccccc2)CC1. The predicted octanol–water partition coefficient (Wildman–Crippen LogP) is 3.32. The van der Waals surface area contributed by atoms with Crippen LogP contribution < -0.4 is 9.62 Å². The molecule has 2 aliphatic rings. The molecule has 1 aromatic heterocycles. The molecule has 1 saturated carbocycles. The third-order valence-corrected chi connectivity index (χ3v) is 7.08. The molecule has 2 fully saturated rings. The quantitative estimate of drug-likeness (QED) is 0.731. The lowest BCUT2D eigenvalue weighted by Crippen LogP contribution is -2.48. The van der Waals surface area contributed by atoms with Crippen molar-refractivity contribution < 1.29 is 13.2 Å². The molecule has 0 spiro atoms. The van der Waals surface area contributed by atoms with Crippen molar-refractivity contribution in [1.82, 2.24) is 9.71 Å². The Morgan fingerprint density at radius 3 is 2.40 bits per heavy atom. The Balaban J connectivity index is 1.37. The van der Waals surface area contributed by atoms with Crippen LogP contribution in [0.3, 0.4) is 0 Å². The Kier molecular flexibility index (Phi) is 6.71. The minimum Gasteiger partial charge on any atom is -0.376 e. The van der Waals surface area contributed by atoms with Crippen molar-refractivity contribution in [3.63, 3.8) is 0 Å². The Bertz CT molecular complexity index is 900. The smallest absolute Gasteiger partial charge is 0.209 e. The van der Waals surface area contributed by atoms with Gasteiger partial charge in [-0.15, -0.1) is 0 Å². The molecule has 1 saturated heterocycles. The maximum atomic E-state index is 11.9. The first-order valence-electron chi connectivity index (χ1n) is 10.8. The zero-order valence-electron chi connectivity index (χ0n) is 17.5. The third-order valence-electron chi connectivity index (χ3n) is 6.35. The summed E-state index contributed by atoms with van der Waals surface area (Å²) in [5.74, 6) is 0.616. The number of aromatic nitrogens is 1. The first-order chi connectivity index (χ1) is 14.5. The molecule has 1 aromatic carbocycles. The molecule has 2 heterocycles. The molecule has 1 aliphatic carbocycles. The van der Waals surface area contributed by atoms with E-state index in [-0.39, 0.29) is 18.2 Å². The van der Waals surface area contributed by atoms with Crippen LogP contribution >= 0.6 is 0 Å². The molecule has 2 atom stereocenters. The molecular formula is C23H31N3O3S. The molecular weight excluding hydrogens is 398 g/mol. The van der Waals surface area contributed by atoms with Gasteiger partial charge in [0, 0.05) is 30.7 Å². The van der Waals surface area contributed by atoms with Gasteiger partial charge in [-0.2, -0.15) is 0 Å². The molecule has 4 rings (SSSR count). The van der Waals surface area contributed by atoms with E-state index in [0.29, 0.717) is 12.5 Å². The number of nitrogens with zero attached hydrogens (tertiary/aromatic N) is 2. The number of benzene rings is 1. The van der Waals surface area contributed by atoms with Crippen LogP contribution in [0.2, 0.25) is 0 Å². The fourth-order valence-corrected chi connectivity index (χ4v) is 5.68. The minimum absolute atomic E-state index is 0.0195. The van der Waals surface area contributed by atoms with Crippen LogP contribution in [0, 0.1) is 0 Å². The van der Waals surface area contributed by atoms with Crippen molar-refractivity contribution in [3.8, 4) is 0 Å². The second-order valence-electron chi connectivity index (χ2n) is 8.47. The zero-order valence-corrected chi connectivity index (χ0v) is 18.3. The second kappa shape index (κ2) is 9.45. The first kappa shape index (κ1) is 21.3. The summed E-state index contributed by atoms with van der Waals surface area (Å²) in [4.78, 5) is 6.35. The number of nitrogens with one attached hydrogen (secondary N) is 1. The lowest BCUT2D eigenvalue weighted by Gasteiger charge is -2.33. The molecule has 7 heteroatoms. The van der Waals surface area contributed by atoms with Gasteiger partial charge in [0.1, 0.15) is 0 Å². The van der Waals surface area contributed by atoms with Crippen LogP contribution in [0.15, 0.2) is 54.9 Å². The van der Waals surface area contributed by atoms with E-state index in [1.54, 1.807) is 12.4 Å². The third kappa shape index (κ3) is 5.39.